The zero-order chi connectivity index (χ0) is 12.1. The van der Waals surface area contributed by atoms with Crippen LogP contribution in [0.3, 0.4) is 0 Å². The van der Waals surface area contributed by atoms with E-state index in [1.54, 1.807) is 5.57 Å². The van der Waals surface area contributed by atoms with Crippen LogP contribution < -0.4 is 0 Å². The van der Waals surface area contributed by atoms with Crippen LogP contribution in [0.25, 0.3) is 0 Å². The predicted molar refractivity (Wildman–Crippen MR) is 71.2 cm³/mol. The lowest BCUT2D eigenvalue weighted by atomic mass is 9.91. The van der Waals surface area contributed by atoms with Gasteiger partial charge in [-0.3, -0.25) is 0 Å². The topological polar surface area (TPSA) is 0 Å². The lowest BCUT2D eigenvalue weighted by Crippen LogP contribution is -2.03. The van der Waals surface area contributed by atoms with Crippen LogP contribution in [0.5, 0.6) is 0 Å². The number of rotatable bonds is 5. The highest BCUT2D eigenvalue weighted by atomic mass is 14.7. The molecule has 3 atom stereocenters. The van der Waals surface area contributed by atoms with Crippen LogP contribution in [0.15, 0.2) is 23.8 Å². The van der Waals surface area contributed by atoms with Crippen LogP contribution in [0.4, 0.5) is 0 Å². The van der Waals surface area contributed by atoms with Gasteiger partial charge >= 0.3 is 0 Å². The molecular formula is C16H26. The average Bonchev–Trinajstić information content (AvgIpc) is 3.03. The molecule has 16 heavy (non-hydrogen) atoms. The SMILES string of the molecule is C=C(C(C)C)C1CC12C=C2C(C)CC(C)C. The minimum absolute atomic E-state index is 0.537. The second-order valence-corrected chi connectivity index (χ2v) is 6.66. The molecule has 2 rings (SSSR count). The Kier molecular flexibility index (Phi) is 2.80. The molecule has 0 aromatic rings. The van der Waals surface area contributed by atoms with Crippen LogP contribution >= 0.6 is 0 Å². The molecule has 0 heteroatoms. The van der Waals surface area contributed by atoms with Crippen molar-refractivity contribution in [1.82, 2.24) is 0 Å². The maximum atomic E-state index is 4.27. The summed E-state index contributed by atoms with van der Waals surface area (Å²) in [5.41, 5.74) is 3.76. The number of hydrogen-bond donors (Lipinski definition) is 0. The third kappa shape index (κ3) is 1.87. The van der Waals surface area contributed by atoms with E-state index in [9.17, 15) is 0 Å². The molecule has 2 aliphatic rings. The van der Waals surface area contributed by atoms with Gasteiger partial charge in [-0.2, -0.15) is 0 Å². The van der Waals surface area contributed by atoms with Crippen molar-refractivity contribution in [2.24, 2.45) is 29.1 Å². The third-order valence-electron chi connectivity index (χ3n) is 4.42. The van der Waals surface area contributed by atoms with Crippen molar-refractivity contribution >= 4 is 0 Å². The Morgan fingerprint density at radius 1 is 1.38 bits per heavy atom. The summed E-state index contributed by atoms with van der Waals surface area (Å²) in [5.74, 6) is 3.06. The van der Waals surface area contributed by atoms with Gasteiger partial charge in [-0.25, -0.2) is 0 Å². The Morgan fingerprint density at radius 2 is 2.00 bits per heavy atom. The molecule has 1 saturated carbocycles. The molecule has 0 aromatic carbocycles. The van der Waals surface area contributed by atoms with Gasteiger partial charge in [0.1, 0.15) is 0 Å². The summed E-state index contributed by atoms with van der Waals surface area (Å²) < 4.78 is 0. The van der Waals surface area contributed by atoms with E-state index in [-0.39, 0.29) is 0 Å². The van der Waals surface area contributed by atoms with E-state index in [0.29, 0.717) is 11.3 Å². The number of hydrogen-bond acceptors (Lipinski definition) is 0. The summed E-state index contributed by atoms with van der Waals surface area (Å²) in [6.45, 7) is 15.9. The molecule has 0 aliphatic heterocycles. The summed E-state index contributed by atoms with van der Waals surface area (Å²) in [6, 6.07) is 0. The first-order valence-corrected chi connectivity index (χ1v) is 6.80. The van der Waals surface area contributed by atoms with Gasteiger partial charge in [0.05, 0.1) is 0 Å². The summed E-state index contributed by atoms with van der Waals surface area (Å²) in [4.78, 5) is 0. The first kappa shape index (κ1) is 12.0. The first-order valence-electron chi connectivity index (χ1n) is 6.80. The van der Waals surface area contributed by atoms with E-state index in [4.69, 9.17) is 0 Å². The van der Waals surface area contributed by atoms with Gasteiger partial charge < -0.3 is 0 Å². The van der Waals surface area contributed by atoms with Gasteiger partial charge in [-0.1, -0.05) is 58.4 Å². The Hall–Kier alpha value is -0.520. The van der Waals surface area contributed by atoms with Gasteiger partial charge in [-0.05, 0) is 36.5 Å². The third-order valence-corrected chi connectivity index (χ3v) is 4.42. The van der Waals surface area contributed by atoms with Crippen LogP contribution in [-0.2, 0) is 0 Å². The van der Waals surface area contributed by atoms with Gasteiger partial charge in [0.15, 0.2) is 0 Å². The van der Waals surface area contributed by atoms with E-state index in [0.717, 1.165) is 17.8 Å². The molecule has 0 nitrogen and oxygen atoms in total. The lowest BCUT2D eigenvalue weighted by molar-refractivity contribution is 0.478. The van der Waals surface area contributed by atoms with Crippen molar-refractivity contribution in [3.8, 4) is 0 Å². The summed E-state index contributed by atoms with van der Waals surface area (Å²) in [7, 11) is 0. The van der Waals surface area contributed by atoms with Gasteiger partial charge in [-0.15, -0.1) is 0 Å². The molecule has 90 valence electrons. The molecule has 3 unspecified atom stereocenters. The van der Waals surface area contributed by atoms with Crippen molar-refractivity contribution in [2.75, 3.05) is 0 Å². The van der Waals surface area contributed by atoms with Crippen LogP contribution in [0, 0.1) is 29.1 Å². The highest BCUT2D eigenvalue weighted by molar-refractivity contribution is 5.52. The van der Waals surface area contributed by atoms with E-state index < -0.39 is 0 Å². The van der Waals surface area contributed by atoms with Crippen LogP contribution in [-0.4, -0.2) is 0 Å². The largest absolute Gasteiger partial charge is 0.0993 e. The monoisotopic (exact) mass is 218 g/mol. The fourth-order valence-electron chi connectivity index (χ4n) is 3.30. The Bertz CT molecular complexity index is 332. The predicted octanol–water partition coefficient (Wildman–Crippen LogP) is 4.83. The van der Waals surface area contributed by atoms with E-state index in [2.05, 4.69) is 47.3 Å². The normalized spacial score (nSPS) is 33.2. The molecule has 0 aromatic heterocycles. The Balaban J connectivity index is 1.88. The Morgan fingerprint density at radius 3 is 2.50 bits per heavy atom. The zero-order valence-corrected chi connectivity index (χ0v) is 11.5. The van der Waals surface area contributed by atoms with Crippen molar-refractivity contribution < 1.29 is 0 Å². The quantitative estimate of drug-likeness (QED) is 0.580. The Labute approximate surface area is 101 Å². The highest BCUT2D eigenvalue weighted by Crippen LogP contribution is 2.73. The molecule has 0 saturated heterocycles. The second-order valence-electron chi connectivity index (χ2n) is 6.66. The molecule has 0 amide bonds. The minimum Gasteiger partial charge on any atom is -0.0993 e. The van der Waals surface area contributed by atoms with E-state index in [1.165, 1.54) is 18.4 Å². The fourth-order valence-corrected chi connectivity index (χ4v) is 3.30. The summed E-state index contributed by atoms with van der Waals surface area (Å²) >= 11 is 0. The van der Waals surface area contributed by atoms with Crippen LogP contribution in [0.1, 0.15) is 47.5 Å². The van der Waals surface area contributed by atoms with Gasteiger partial charge in [0, 0.05) is 5.41 Å². The fraction of sp³-hybridized carbons (Fsp3) is 0.750. The highest BCUT2D eigenvalue weighted by Gasteiger charge is 2.64. The smallest absolute Gasteiger partial charge is 0.0169 e. The molecular weight excluding hydrogens is 192 g/mol. The standard InChI is InChI=1S/C16H26/c1-10(2)7-12(5)14-8-16(14)9-15(16)13(6)11(3)4/h8,10-12,15H,6-7,9H2,1-5H3. The molecule has 0 radical (unpaired) electrons. The minimum atomic E-state index is 0.537. The van der Waals surface area contributed by atoms with Crippen molar-refractivity contribution in [3.05, 3.63) is 23.8 Å². The molecule has 2 aliphatic carbocycles. The lowest BCUT2D eigenvalue weighted by Gasteiger charge is -2.14. The maximum Gasteiger partial charge on any atom is 0.0169 e. The first-order chi connectivity index (χ1) is 7.38. The van der Waals surface area contributed by atoms with Gasteiger partial charge in [0.25, 0.3) is 0 Å². The molecule has 1 fully saturated rings. The van der Waals surface area contributed by atoms with Crippen molar-refractivity contribution in [2.45, 2.75) is 47.5 Å². The molecule has 1 spiro atoms. The summed E-state index contributed by atoms with van der Waals surface area (Å²) in [5, 5.41) is 0. The van der Waals surface area contributed by atoms with E-state index >= 15 is 0 Å². The maximum absolute atomic E-state index is 4.27. The van der Waals surface area contributed by atoms with Crippen molar-refractivity contribution in [1.29, 1.82) is 0 Å². The summed E-state index contributed by atoms with van der Waals surface area (Å²) in [6.07, 6.45) is 5.24. The van der Waals surface area contributed by atoms with Crippen molar-refractivity contribution in [3.63, 3.8) is 0 Å². The second kappa shape index (κ2) is 3.75. The molecule has 0 N–H and O–H groups in total. The van der Waals surface area contributed by atoms with Gasteiger partial charge in [0.2, 0.25) is 0 Å². The molecule has 0 bridgehead atoms. The number of allylic oxidation sites excluding steroid dienone is 3. The zero-order valence-electron chi connectivity index (χ0n) is 11.5. The average molecular weight is 218 g/mol. The van der Waals surface area contributed by atoms with E-state index in [1.807, 2.05) is 0 Å². The van der Waals surface area contributed by atoms with Crippen LogP contribution in [0.2, 0.25) is 0 Å². The molecule has 0 heterocycles.